The summed E-state index contributed by atoms with van der Waals surface area (Å²) < 4.78 is 5.83. The maximum Gasteiger partial charge on any atom is 0.244 e. The van der Waals surface area contributed by atoms with Gasteiger partial charge >= 0.3 is 0 Å². The predicted molar refractivity (Wildman–Crippen MR) is 110 cm³/mol. The molecule has 2 aromatic carbocycles. The van der Waals surface area contributed by atoms with Gasteiger partial charge in [-0.1, -0.05) is 48.5 Å². The third-order valence-corrected chi connectivity index (χ3v) is 6.25. The Bertz CT molecular complexity index is 1160. The van der Waals surface area contributed by atoms with Gasteiger partial charge in [0.1, 0.15) is 23.6 Å². The lowest BCUT2D eigenvalue weighted by Gasteiger charge is -2.42. The van der Waals surface area contributed by atoms with E-state index in [4.69, 9.17) is 16.2 Å². The SMILES string of the molecule is N#CC1=C(N)OC2NNC(c3ccccc3)C2C12C(=O)N(CC(N)=O)c1ccccc12. The number of hydrazine groups is 1. The van der Waals surface area contributed by atoms with Crippen LogP contribution >= 0.6 is 0 Å². The molecule has 31 heavy (non-hydrogen) atoms. The minimum atomic E-state index is -1.44. The maximum absolute atomic E-state index is 14.1. The van der Waals surface area contributed by atoms with Gasteiger partial charge in [-0.3, -0.25) is 9.59 Å². The molecular weight excluding hydrogens is 396 g/mol. The zero-order valence-electron chi connectivity index (χ0n) is 16.4. The van der Waals surface area contributed by atoms with Crippen molar-refractivity contribution in [1.82, 2.24) is 10.9 Å². The molecule has 1 saturated heterocycles. The van der Waals surface area contributed by atoms with Crippen molar-refractivity contribution in [3.05, 3.63) is 77.2 Å². The number of nitrogens with zero attached hydrogens (tertiary/aromatic N) is 2. The molecule has 2 aromatic rings. The van der Waals surface area contributed by atoms with Gasteiger partial charge in [-0.05, 0) is 17.2 Å². The first-order chi connectivity index (χ1) is 15.0. The van der Waals surface area contributed by atoms with Gasteiger partial charge in [0.15, 0.2) is 6.23 Å². The smallest absolute Gasteiger partial charge is 0.244 e. The Hall–Kier alpha value is -3.87. The average molecular weight is 416 g/mol. The third kappa shape index (κ3) is 2.49. The molecule has 1 spiro atoms. The fourth-order valence-electron chi connectivity index (χ4n) is 5.11. The predicted octanol–water partition coefficient (Wildman–Crippen LogP) is 0.272. The number of carbonyl (C=O) groups is 2. The molecule has 0 aliphatic carbocycles. The van der Waals surface area contributed by atoms with Crippen molar-refractivity contribution in [2.75, 3.05) is 11.4 Å². The summed E-state index contributed by atoms with van der Waals surface area (Å²) in [6.07, 6.45) is -0.673. The quantitative estimate of drug-likeness (QED) is 0.562. The van der Waals surface area contributed by atoms with E-state index in [1.165, 1.54) is 4.90 Å². The van der Waals surface area contributed by atoms with Crippen LogP contribution in [0, 0.1) is 17.2 Å². The van der Waals surface area contributed by atoms with Crippen molar-refractivity contribution in [3.8, 4) is 6.07 Å². The topological polar surface area (TPSA) is 146 Å². The first-order valence-electron chi connectivity index (χ1n) is 9.83. The van der Waals surface area contributed by atoms with Crippen LogP contribution < -0.4 is 27.2 Å². The monoisotopic (exact) mass is 416 g/mol. The minimum absolute atomic E-state index is 0.0320. The highest BCUT2D eigenvalue weighted by molar-refractivity contribution is 6.13. The zero-order valence-corrected chi connectivity index (χ0v) is 16.4. The van der Waals surface area contributed by atoms with E-state index in [1.54, 1.807) is 24.3 Å². The highest BCUT2D eigenvalue weighted by atomic mass is 16.5. The van der Waals surface area contributed by atoms with E-state index >= 15 is 0 Å². The van der Waals surface area contributed by atoms with Gasteiger partial charge in [0.25, 0.3) is 0 Å². The lowest BCUT2D eigenvalue weighted by molar-refractivity contribution is -0.128. The molecule has 6 N–H and O–H groups in total. The number of anilines is 1. The summed E-state index contributed by atoms with van der Waals surface area (Å²) >= 11 is 0. The molecule has 9 heteroatoms. The molecule has 3 heterocycles. The molecule has 0 aromatic heterocycles. The van der Waals surface area contributed by atoms with E-state index in [1.807, 2.05) is 30.3 Å². The molecule has 1 fully saturated rings. The van der Waals surface area contributed by atoms with E-state index in [-0.39, 0.29) is 24.0 Å². The van der Waals surface area contributed by atoms with Gasteiger partial charge in [-0.25, -0.2) is 10.9 Å². The number of ether oxygens (including phenoxy) is 1. The van der Waals surface area contributed by atoms with Gasteiger partial charge in [0.2, 0.25) is 17.7 Å². The van der Waals surface area contributed by atoms with Crippen molar-refractivity contribution in [2.24, 2.45) is 17.4 Å². The molecular formula is C22H20N6O3. The van der Waals surface area contributed by atoms with Crippen LogP contribution in [0.3, 0.4) is 0 Å². The van der Waals surface area contributed by atoms with Gasteiger partial charge in [-0.2, -0.15) is 5.26 Å². The number of hydrogen-bond donors (Lipinski definition) is 4. The number of primary amides is 1. The Balaban J connectivity index is 1.79. The van der Waals surface area contributed by atoms with Crippen molar-refractivity contribution in [2.45, 2.75) is 17.7 Å². The van der Waals surface area contributed by atoms with Gasteiger partial charge in [-0.15, -0.1) is 0 Å². The van der Waals surface area contributed by atoms with Crippen molar-refractivity contribution < 1.29 is 14.3 Å². The summed E-state index contributed by atoms with van der Waals surface area (Å²) in [6, 6.07) is 18.5. The largest absolute Gasteiger partial charge is 0.458 e. The van der Waals surface area contributed by atoms with Gasteiger partial charge < -0.3 is 21.1 Å². The summed E-state index contributed by atoms with van der Waals surface area (Å²) in [6.45, 7) is -0.300. The fraction of sp³-hybridized carbons (Fsp3) is 0.227. The van der Waals surface area contributed by atoms with E-state index in [2.05, 4.69) is 16.9 Å². The molecule has 0 saturated carbocycles. The number of carbonyl (C=O) groups excluding carboxylic acids is 2. The second-order valence-corrected chi connectivity index (χ2v) is 7.78. The van der Waals surface area contributed by atoms with Crippen LogP contribution in [0.25, 0.3) is 0 Å². The van der Waals surface area contributed by atoms with Crippen LogP contribution in [-0.2, 0) is 19.7 Å². The number of nitrogens with two attached hydrogens (primary N) is 2. The first kappa shape index (κ1) is 19.1. The number of fused-ring (bicyclic) bond motifs is 4. The Labute approximate surface area is 178 Å². The van der Waals surface area contributed by atoms with E-state index in [0.29, 0.717) is 11.3 Å². The van der Waals surface area contributed by atoms with Crippen LogP contribution in [0.1, 0.15) is 17.2 Å². The number of nitriles is 1. The Morgan fingerprint density at radius 3 is 2.58 bits per heavy atom. The van der Waals surface area contributed by atoms with E-state index < -0.39 is 29.4 Å². The van der Waals surface area contributed by atoms with Crippen LogP contribution in [-0.4, -0.2) is 24.6 Å². The molecule has 9 nitrogen and oxygen atoms in total. The Morgan fingerprint density at radius 1 is 1.16 bits per heavy atom. The summed E-state index contributed by atoms with van der Waals surface area (Å²) in [7, 11) is 0. The maximum atomic E-state index is 14.1. The fourth-order valence-corrected chi connectivity index (χ4v) is 5.11. The number of rotatable bonds is 3. The average Bonchev–Trinajstić information content (AvgIpc) is 3.29. The molecule has 5 rings (SSSR count). The van der Waals surface area contributed by atoms with Crippen molar-refractivity contribution in [3.63, 3.8) is 0 Å². The van der Waals surface area contributed by atoms with Gasteiger partial charge in [0.05, 0.1) is 12.0 Å². The molecule has 0 bridgehead atoms. The highest BCUT2D eigenvalue weighted by Gasteiger charge is 2.67. The summed E-state index contributed by atoms with van der Waals surface area (Å²) in [5.74, 6) is -1.74. The number of para-hydroxylation sites is 1. The number of hydrogen-bond acceptors (Lipinski definition) is 7. The second-order valence-electron chi connectivity index (χ2n) is 7.78. The van der Waals surface area contributed by atoms with Gasteiger partial charge in [0, 0.05) is 5.69 Å². The van der Waals surface area contributed by atoms with E-state index in [9.17, 15) is 14.9 Å². The normalized spacial score (nSPS) is 28.8. The number of nitrogens with one attached hydrogen (secondary N) is 2. The highest BCUT2D eigenvalue weighted by Crippen LogP contribution is 2.58. The molecule has 156 valence electrons. The number of amides is 2. The van der Waals surface area contributed by atoms with Crippen LogP contribution in [0.2, 0.25) is 0 Å². The van der Waals surface area contributed by atoms with Crippen molar-refractivity contribution >= 4 is 17.5 Å². The minimum Gasteiger partial charge on any atom is -0.458 e. The Morgan fingerprint density at radius 2 is 1.87 bits per heavy atom. The molecule has 3 aliphatic rings. The molecule has 4 unspecified atom stereocenters. The second kappa shape index (κ2) is 6.84. The summed E-state index contributed by atoms with van der Waals surface area (Å²) in [5.41, 5.74) is 18.5. The Kier molecular flexibility index (Phi) is 4.22. The summed E-state index contributed by atoms with van der Waals surface area (Å²) in [4.78, 5) is 27.2. The van der Waals surface area contributed by atoms with Crippen LogP contribution in [0.5, 0.6) is 0 Å². The lowest BCUT2D eigenvalue weighted by atomic mass is 9.62. The van der Waals surface area contributed by atoms with E-state index in [0.717, 1.165) is 5.56 Å². The lowest BCUT2D eigenvalue weighted by Crippen LogP contribution is -2.56. The first-order valence-corrected chi connectivity index (χ1v) is 9.83. The molecule has 2 amide bonds. The zero-order chi connectivity index (χ0) is 21.8. The summed E-state index contributed by atoms with van der Waals surface area (Å²) in [5, 5.41) is 10.1. The molecule has 3 aliphatic heterocycles. The standard InChI is InChI=1S/C22H20N6O3/c23-10-14-19(25)31-20-17(18(26-27-20)12-6-2-1-3-7-12)22(14)13-8-4-5-9-15(13)28(21(22)30)11-16(24)29/h1-9,17-18,20,26-27H,11,25H2,(H2,24,29). The molecule has 4 atom stereocenters. The molecule has 0 radical (unpaired) electrons. The van der Waals surface area contributed by atoms with Crippen molar-refractivity contribution in [1.29, 1.82) is 5.26 Å². The van der Waals surface area contributed by atoms with Crippen LogP contribution in [0.15, 0.2) is 66.1 Å². The number of benzene rings is 2. The third-order valence-electron chi connectivity index (χ3n) is 6.25. The van der Waals surface area contributed by atoms with Crippen LogP contribution in [0.4, 0.5) is 5.69 Å².